The van der Waals surface area contributed by atoms with Gasteiger partial charge >= 0.3 is 0 Å². The van der Waals surface area contributed by atoms with Crippen LogP contribution in [0.1, 0.15) is 40.0 Å². The monoisotopic (exact) mass is 218 g/mol. The van der Waals surface area contributed by atoms with Crippen LogP contribution in [0, 0.1) is 17.3 Å². The molecular weight excluding hydrogens is 200 g/mol. The highest BCUT2D eigenvalue weighted by Gasteiger charge is 2.30. The van der Waals surface area contributed by atoms with Crippen molar-refractivity contribution in [3.63, 3.8) is 0 Å². The van der Waals surface area contributed by atoms with Gasteiger partial charge in [-0.3, -0.25) is 0 Å². The van der Waals surface area contributed by atoms with Crippen molar-refractivity contribution < 1.29 is 0 Å². The Bertz CT molecular complexity index is 129. The van der Waals surface area contributed by atoms with Crippen molar-refractivity contribution in [3.8, 4) is 0 Å². The van der Waals surface area contributed by atoms with E-state index in [1.54, 1.807) is 0 Å². The fraction of sp³-hybridized carbons (Fsp3) is 1.00. The van der Waals surface area contributed by atoms with E-state index in [1.165, 1.54) is 24.6 Å². The predicted molar refractivity (Wildman–Crippen MR) is 54.1 cm³/mol. The Morgan fingerprint density at radius 2 is 2.00 bits per heavy atom. The number of halogens is 1. The van der Waals surface area contributed by atoms with Gasteiger partial charge in [0, 0.05) is 5.33 Å². The van der Waals surface area contributed by atoms with Gasteiger partial charge in [0.2, 0.25) is 0 Å². The summed E-state index contributed by atoms with van der Waals surface area (Å²) in [6, 6.07) is 0. The largest absolute Gasteiger partial charge is 0.0925 e. The van der Waals surface area contributed by atoms with Gasteiger partial charge in [-0.15, -0.1) is 0 Å². The third-order valence-electron chi connectivity index (χ3n) is 2.70. The summed E-state index contributed by atoms with van der Waals surface area (Å²) in [5, 5.41) is 1.20. The Morgan fingerprint density at radius 1 is 1.36 bits per heavy atom. The normalized spacial score (nSPS) is 37.1. The van der Waals surface area contributed by atoms with Crippen LogP contribution in [-0.2, 0) is 0 Å². The Morgan fingerprint density at radius 3 is 2.45 bits per heavy atom. The second kappa shape index (κ2) is 3.47. The van der Waals surface area contributed by atoms with E-state index in [4.69, 9.17) is 0 Å². The highest BCUT2D eigenvalue weighted by Crippen LogP contribution is 2.41. The zero-order valence-electron chi connectivity index (χ0n) is 7.86. The SMILES string of the molecule is CC1CC(CBr)CC(C)(C)C1. The first-order chi connectivity index (χ1) is 5.03. The van der Waals surface area contributed by atoms with Crippen molar-refractivity contribution in [2.24, 2.45) is 17.3 Å². The molecule has 66 valence electrons. The molecule has 1 aliphatic carbocycles. The van der Waals surface area contributed by atoms with Gasteiger partial charge in [-0.25, -0.2) is 0 Å². The van der Waals surface area contributed by atoms with Crippen molar-refractivity contribution in [2.75, 3.05) is 5.33 Å². The molecule has 0 nitrogen and oxygen atoms in total. The summed E-state index contributed by atoms with van der Waals surface area (Å²) in [6.07, 6.45) is 4.24. The number of alkyl halides is 1. The first kappa shape index (κ1) is 9.57. The third-order valence-corrected chi connectivity index (χ3v) is 3.61. The molecule has 0 bridgehead atoms. The van der Waals surface area contributed by atoms with Gasteiger partial charge in [0.25, 0.3) is 0 Å². The highest BCUT2D eigenvalue weighted by atomic mass is 79.9. The first-order valence-electron chi connectivity index (χ1n) is 4.59. The van der Waals surface area contributed by atoms with E-state index in [-0.39, 0.29) is 0 Å². The number of rotatable bonds is 1. The lowest BCUT2D eigenvalue weighted by Crippen LogP contribution is -2.28. The molecule has 0 heterocycles. The number of hydrogen-bond donors (Lipinski definition) is 0. The van der Waals surface area contributed by atoms with Crippen LogP contribution >= 0.6 is 15.9 Å². The van der Waals surface area contributed by atoms with Gasteiger partial charge in [-0.2, -0.15) is 0 Å². The maximum Gasteiger partial charge on any atom is 0.00599 e. The summed E-state index contributed by atoms with van der Waals surface area (Å²) >= 11 is 3.59. The molecule has 0 saturated heterocycles. The van der Waals surface area contributed by atoms with E-state index in [0.717, 1.165) is 11.8 Å². The molecule has 0 aliphatic heterocycles. The highest BCUT2D eigenvalue weighted by molar-refractivity contribution is 9.09. The van der Waals surface area contributed by atoms with Gasteiger partial charge in [0.05, 0.1) is 0 Å². The Hall–Kier alpha value is 0.480. The molecule has 0 aromatic rings. The van der Waals surface area contributed by atoms with Crippen LogP contribution in [0.3, 0.4) is 0 Å². The second-order valence-corrected chi connectivity index (χ2v) is 5.58. The molecule has 1 aliphatic rings. The summed E-state index contributed by atoms with van der Waals surface area (Å²) in [7, 11) is 0. The van der Waals surface area contributed by atoms with Crippen LogP contribution in [0.2, 0.25) is 0 Å². The molecule has 1 fully saturated rings. The van der Waals surface area contributed by atoms with Gasteiger partial charge in [-0.1, -0.05) is 36.7 Å². The van der Waals surface area contributed by atoms with Crippen LogP contribution in [0.4, 0.5) is 0 Å². The standard InChI is InChI=1S/C10H19Br/c1-8-4-9(7-11)6-10(2,3)5-8/h8-9H,4-7H2,1-3H3. The molecule has 0 aromatic heterocycles. The zero-order valence-corrected chi connectivity index (χ0v) is 9.45. The zero-order chi connectivity index (χ0) is 8.48. The summed E-state index contributed by atoms with van der Waals surface area (Å²) in [5.74, 6) is 1.86. The Kier molecular flexibility index (Phi) is 3.02. The minimum absolute atomic E-state index is 0.593. The van der Waals surface area contributed by atoms with E-state index in [2.05, 4.69) is 36.7 Å². The molecule has 0 aromatic carbocycles. The van der Waals surface area contributed by atoms with Gasteiger partial charge in [0.15, 0.2) is 0 Å². The smallest absolute Gasteiger partial charge is 0.00599 e. The second-order valence-electron chi connectivity index (χ2n) is 4.93. The predicted octanol–water partition coefficient (Wildman–Crippen LogP) is 3.84. The molecule has 11 heavy (non-hydrogen) atoms. The maximum absolute atomic E-state index is 3.59. The minimum Gasteiger partial charge on any atom is -0.0925 e. The van der Waals surface area contributed by atoms with E-state index >= 15 is 0 Å². The maximum atomic E-state index is 3.59. The van der Waals surface area contributed by atoms with E-state index < -0.39 is 0 Å². The molecule has 2 atom stereocenters. The quantitative estimate of drug-likeness (QED) is 0.587. The molecule has 0 amide bonds. The lowest BCUT2D eigenvalue weighted by atomic mass is 9.69. The van der Waals surface area contributed by atoms with Gasteiger partial charge in [-0.05, 0) is 36.5 Å². The van der Waals surface area contributed by atoms with Crippen LogP contribution in [-0.4, -0.2) is 5.33 Å². The van der Waals surface area contributed by atoms with E-state index in [9.17, 15) is 0 Å². The van der Waals surface area contributed by atoms with Crippen molar-refractivity contribution in [1.82, 2.24) is 0 Å². The fourth-order valence-corrected chi connectivity index (χ4v) is 3.15. The van der Waals surface area contributed by atoms with Crippen molar-refractivity contribution >= 4 is 15.9 Å². The van der Waals surface area contributed by atoms with Gasteiger partial charge < -0.3 is 0 Å². The Balaban J connectivity index is 2.51. The molecule has 1 rings (SSSR count). The van der Waals surface area contributed by atoms with Crippen molar-refractivity contribution in [3.05, 3.63) is 0 Å². The fourth-order valence-electron chi connectivity index (χ4n) is 2.66. The van der Waals surface area contributed by atoms with Crippen LogP contribution < -0.4 is 0 Å². The van der Waals surface area contributed by atoms with Crippen LogP contribution in [0.5, 0.6) is 0 Å². The summed E-state index contributed by atoms with van der Waals surface area (Å²) in [5.41, 5.74) is 0.593. The lowest BCUT2D eigenvalue weighted by Gasteiger charge is -2.38. The average molecular weight is 219 g/mol. The lowest BCUT2D eigenvalue weighted by molar-refractivity contribution is 0.145. The van der Waals surface area contributed by atoms with E-state index in [1.807, 2.05) is 0 Å². The molecule has 1 saturated carbocycles. The van der Waals surface area contributed by atoms with Gasteiger partial charge in [0.1, 0.15) is 0 Å². The molecule has 0 radical (unpaired) electrons. The summed E-state index contributed by atoms with van der Waals surface area (Å²) < 4.78 is 0. The van der Waals surface area contributed by atoms with Crippen molar-refractivity contribution in [1.29, 1.82) is 0 Å². The summed E-state index contributed by atoms with van der Waals surface area (Å²) in [6.45, 7) is 7.19. The van der Waals surface area contributed by atoms with Crippen molar-refractivity contribution in [2.45, 2.75) is 40.0 Å². The third kappa shape index (κ3) is 2.77. The average Bonchev–Trinajstić information content (AvgIpc) is 1.83. The molecule has 0 N–H and O–H groups in total. The van der Waals surface area contributed by atoms with E-state index in [0.29, 0.717) is 5.41 Å². The Labute approximate surface area is 78.9 Å². The first-order valence-corrected chi connectivity index (χ1v) is 5.71. The molecule has 2 unspecified atom stereocenters. The molecule has 1 heteroatoms. The van der Waals surface area contributed by atoms with Crippen LogP contribution in [0.15, 0.2) is 0 Å². The number of hydrogen-bond acceptors (Lipinski definition) is 0. The molecular formula is C10H19Br. The topological polar surface area (TPSA) is 0 Å². The molecule has 0 spiro atoms. The minimum atomic E-state index is 0.593. The van der Waals surface area contributed by atoms with Crippen LogP contribution in [0.25, 0.3) is 0 Å². The summed E-state index contributed by atoms with van der Waals surface area (Å²) in [4.78, 5) is 0.